The quantitative estimate of drug-likeness (QED) is 0.810. The Kier molecular flexibility index (Phi) is 6.59. The van der Waals surface area contributed by atoms with Crippen molar-refractivity contribution in [2.24, 2.45) is 5.92 Å². The third-order valence-electron chi connectivity index (χ3n) is 4.12. The van der Waals surface area contributed by atoms with E-state index >= 15 is 0 Å². The lowest BCUT2D eigenvalue weighted by atomic mass is 9.99. The van der Waals surface area contributed by atoms with E-state index in [1.54, 1.807) is 6.92 Å². The van der Waals surface area contributed by atoms with Crippen LogP contribution in [0.3, 0.4) is 0 Å². The van der Waals surface area contributed by atoms with E-state index < -0.39 is 0 Å². The van der Waals surface area contributed by atoms with E-state index in [9.17, 15) is 9.59 Å². The van der Waals surface area contributed by atoms with Gasteiger partial charge in [-0.1, -0.05) is 13.8 Å². The molecule has 0 aromatic carbocycles. The molecule has 0 radical (unpaired) electrons. The van der Waals surface area contributed by atoms with Gasteiger partial charge in [0.05, 0.1) is 18.7 Å². The highest BCUT2D eigenvalue weighted by Gasteiger charge is 2.21. The molecular formula is C17H26N2O3S. The summed E-state index contributed by atoms with van der Waals surface area (Å²) in [5.74, 6) is 0.314. The Morgan fingerprint density at radius 3 is 2.65 bits per heavy atom. The van der Waals surface area contributed by atoms with Crippen molar-refractivity contribution in [3.63, 3.8) is 0 Å². The molecule has 1 saturated heterocycles. The Bertz CT molecular complexity index is 548. The summed E-state index contributed by atoms with van der Waals surface area (Å²) >= 11 is 1.45. The first-order valence-electron chi connectivity index (χ1n) is 8.35. The second kappa shape index (κ2) is 8.45. The van der Waals surface area contributed by atoms with Crippen molar-refractivity contribution in [3.05, 3.63) is 16.5 Å². The number of rotatable bonds is 6. The normalized spacial score (nSPS) is 16.3. The first-order valence-corrected chi connectivity index (χ1v) is 9.17. The zero-order chi connectivity index (χ0) is 16.8. The van der Waals surface area contributed by atoms with Gasteiger partial charge in [-0.3, -0.25) is 9.69 Å². The van der Waals surface area contributed by atoms with Gasteiger partial charge >= 0.3 is 5.97 Å². The Morgan fingerprint density at radius 1 is 1.35 bits per heavy atom. The molecule has 2 heterocycles. The van der Waals surface area contributed by atoms with Gasteiger partial charge in [-0.15, -0.1) is 11.3 Å². The third kappa shape index (κ3) is 5.04. The lowest BCUT2D eigenvalue weighted by molar-refractivity contribution is -0.117. The zero-order valence-electron chi connectivity index (χ0n) is 14.2. The number of nitrogens with zero attached hydrogens (tertiary/aromatic N) is 1. The predicted octanol–water partition coefficient (Wildman–Crippen LogP) is 3.16. The van der Waals surface area contributed by atoms with Crippen molar-refractivity contribution in [1.29, 1.82) is 0 Å². The maximum Gasteiger partial charge on any atom is 0.341 e. The number of aryl methyl sites for hydroxylation is 1. The summed E-state index contributed by atoms with van der Waals surface area (Å²) in [5, 5.41) is 3.51. The molecule has 0 atom stereocenters. The molecule has 1 aliphatic heterocycles. The van der Waals surface area contributed by atoms with Crippen LogP contribution >= 0.6 is 11.3 Å². The van der Waals surface area contributed by atoms with E-state index in [-0.39, 0.29) is 11.9 Å². The van der Waals surface area contributed by atoms with Crippen LogP contribution in [-0.2, 0) is 16.0 Å². The molecule has 0 saturated carbocycles. The van der Waals surface area contributed by atoms with Crippen molar-refractivity contribution < 1.29 is 14.3 Å². The van der Waals surface area contributed by atoms with Crippen LogP contribution in [0.2, 0.25) is 0 Å². The molecule has 0 unspecified atom stereocenters. The summed E-state index contributed by atoms with van der Waals surface area (Å²) < 4.78 is 5.08. The van der Waals surface area contributed by atoms with Crippen LogP contribution in [0.5, 0.6) is 0 Å². The van der Waals surface area contributed by atoms with E-state index in [1.807, 2.05) is 13.0 Å². The fourth-order valence-electron chi connectivity index (χ4n) is 2.66. The first kappa shape index (κ1) is 17.9. The van der Waals surface area contributed by atoms with Gasteiger partial charge in [0, 0.05) is 4.88 Å². The first-order chi connectivity index (χ1) is 11.0. The number of amides is 1. The van der Waals surface area contributed by atoms with Gasteiger partial charge < -0.3 is 10.1 Å². The number of hydrogen-bond acceptors (Lipinski definition) is 5. The summed E-state index contributed by atoms with van der Waals surface area (Å²) in [4.78, 5) is 27.6. The van der Waals surface area contributed by atoms with E-state index in [0.29, 0.717) is 23.7 Å². The average molecular weight is 338 g/mol. The maximum atomic E-state index is 12.3. The third-order valence-corrected chi connectivity index (χ3v) is 5.32. The Labute approximate surface area is 142 Å². The van der Waals surface area contributed by atoms with Gasteiger partial charge in [0.1, 0.15) is 5.00 Å². The average Bonchev–Trinajstić information content (AvgIpc) is 2.93. The van der Waals surface area contributed by atoms with Crippen LogP contribution in [0.15, 0.2) is 6.07 Å². The highest BCUT2D eigenvalue weighted by Crippen LogP contribution is 2.29. The second-order valence-corrected chi connectivity index (χ2v) is 7.17. The van der Waals surface area contributed by atoms with Crippen molar-refractivity contribution >= 4 is 28.2 Å². The number of nitrogens with one attached hydrogen (secondary N) is 1. The Morgan fingerprint density at radius 2 is 2.04 bits per heavy atom. The molecule has 6 heteroatoms. The highest BCUT2D eigenvalue weighted by molar-refractivity contribution is 7.16. The number of thiophene rings is 1. The monoisotopic (exact) mass is 338 g/mol. The summed E-state index contributed by atoms with van der Waals surface area (Å²) in [6, 6.07) is 1.82. The largest absolute Gasteiger partial charge is 0.462 e. The Hall–Kier alpha value is -1.40. The molecule has 0 aliphatic carbocycles. The molecule has 0 bridgehead atoms. The van der Waals surface area contributed by atoms with E-state index in [1.165, 1.54) is 11.3 Å². The van der Waals surface area contributed by atoms with E-state index in [4.69, 9.17) is 4.74 Å². The molecule has 128 valence electrons. The molecule has 1 aliphatic rings. The van der Waals surface area contributed by atoms with Crippen LogP contribution in [0.4, 0.5) is 5.00 Å². The molecule has 1 aromatic rings. The number of likely N-dealkylation sites (tertiary alicyclic amines) is 1. The summed E-state index contributed by atoms with van der Waals surface area (Å²) in [6.07, 6.45) is 3.11. The molecular weight excluding hydrogens is 312 g/mol. The molecule has 23 heavy (non-hydrogen) atoms. The molecule has 1 fully saturated rings. The molecule has 0 spiro atoms. The molecule has 1 aromatic heterocycles. The van der Waals surface area contributed by atoms with Crippen LogP contribution in [-0.4, -0.2) is 43.0 Å². The van der Waals surface area contributed by atoms with E-state index in [0.717, 1.165) is 43.1 Å². The SMILES string of the molecule is CCOC(=O)c1cc(CC)sc1NC(=O)CN1CCC(C)CC1. The lowest BCUT2D eigenvalue weighted by Crippen LogP contribution is -2.38. The van der Waals surface area contributed by atoms with Gasteiger partial charge in [-0.25, -0.2) is 4.79 Å². The van der Waals surface area contributed by atoms with Crippen molar-refractivity contribution in [1.82, 2.24) is 4.90 Å². The Balaban J connectivity index is 1.99. The minimum Gasteiger partial charge on any atom is -0.462 e. The number of ether oxygens (including phenoxy) is 1. The minimum absolute atomic E-state index is 0.0606. The summed E-state index contributed by atoms with van der Waals surface area (Å²) in [5.41, 5.74) is 0.467. The van der Waals surface area contributed by atoms with Crippen LogP contribution in [0.25, 0.3) is 0 Å². The van der Waals surface area contributed by atoms with Crippen LogP contribution in [0, 0.1) is 5.92 Å². The maximum absolute atomic E-state index is 12.3. The van der Waals surface area contributed by atoms with Crippen LogP contribution in [0.1, 0.15) is 48.8 Å². The van der Waals surface area contributed by atoms with Crippen LogP contribution < -0.4 is 5.32 Å². The highest BCUT2D eigenvalue weighted by atomic mass is 32.1. The van der Waals surface area contributed by atoms with Gasteiger partial charge in [-0.2, -0.15) is 0 Å². The van der Waals surface area contributed by atoms with Gasteiger partial charge in [0.15, 0.2) is 0 Å². The number of piperidine rings is 1. The molecule has 1 N–H and O–H groups in total. The second-order valence-electron chi connectivity index (χ2n) is 6.04. The number of carbonyl (C=O) groups is 2. The fraction of sp³-hybridized carbons (Fsp3) is 0.647. The van der Waals surface area contributed by atoms with Crippen molar-refractivity contribution in [2.45, 2.75) is 40.0 Å². The minimum atomic E-state index is -0.370. The standard InChI is InChI=1S/C17H26N2O3S/c1-4-13-10-14(17(21)22-5-2)16(23-13)18-15(20)11-19-8-6-12(3)7-9-19/h10,12H,4-9,11H2,1-3H3,(H,18,20). The smallest absolute Gasteiger partial charge is 0.341 e. The zero-order valence-corrected chi connectivity index (χ0v) is 15.0. The van der Waals surface area contributed by atoms with Gasteiger partial charge in [-0.05, 0) is 51.3 Å². The number of hydrogen-bond donors (Lipinski definition) is 1. The van der Waals surface area contributed by atoms with Gasteiger partial charge in [0.2, 0.25) is 5.91 Å². The van der Waals surface area contributed by atoms with E-state index in [2.05, 4.69) is 17.1 Å². The van der Waals surface area contributed by atoms with Crippen molar-refractivity contribution in [3.8, 4) is 0 Å². The molecule has 1 amide bonds. The number of esters is 1. The van der Waals surface area contributed by atoms with Crippen molar-refractivity contribution in [2.75, 3.05) is 31.6 Å². The molecule has 5 nitrogen and oxygen atoms in total. The van der Waals surface area contributed by atoms with Gasteiger partial charge in [0.25, 0.3) is 0 Å². The fourth-order valence-corrected chi connectivity index (χ4v) is 3.66. The molecule has 2 rings (SSSR count). The summed E-state index contributed by atoms with van der Waals surface area (Å²) in [7, 11) is 0. The topological polar surface area (TPSA) is 58.6 Å². The summed E-state index contributed by atoms with van der Waals surface area (Å²) in [6.45, 7) is 8.70. The lowest BCUT2D eigenvalue weighted by Gasteiger charge is -2.29. The number of anilines is 1. The number of carbonyl (C=O) groups excluding carboxylic acids is 2. The predicted molar refractivity (Wildman–Crippen MR) is 93.1 cm³/mol.